The predicted molar refractivity (Wildman–Crippen MR) is 120 cm³/mol. The first kappa shape index (κ1) is 24.5. The minimum atomic E-state index is -3.51. The number of rotatable bonds is 7. The number of hydrogen-bond acceptors (Lipinski definition) is 5. The number of aromatic nitrogens is 3. The van der Waals surface area contributed by atoms with Crippen molar-refractivity contribution in [2.75, 3.05) is 20.6 Å². The van der Waals surface area contributed by atoms with Crippen molar-refractivity contribution in [2.24, 2.45) is 5.73 Å². The van der Waals surface area contributed by atoms with Crippen molar-refractivity contribution in [3.05, 3.63) is 77.2 Å². The monoisotopic (exact) mass is 467 g/mol. The summed E-state index contributed by atoms with van der Waals surface area (Å²) in [5.41, 5.74) is 7.44. The normalized spacial score (nSPS) is 12.1. The molecule has 0 atom stereocenters. The molecule has 0 unspecified atom stereocenters. The fraction of sp³-hybridized carbons (Fsp3) is 0.200. The molecule has 166 valence electrons. The fourth-order valence-corrected chi connectivity index (χ4v) is 3.73. The van der Waals surface area contributed by atoms with E-state index in [-0.39, 0.29) is 36.0 Å². The Kier molecular flexibility index (Phi) is 7.91. The third-order valence-corrected chi connectivity index (χ3v) is 6.42. The molecule has 31 heavy (non-hydrogen) atoms. The molecule has 0 aliphatic rings. The van der Waals surface area contributed by atoms with Crippen molar-refractivity contribution in [3.63, 3.8) is 0 Å². The summed E-state index contributed by atoms with van der Waals surface area (Å²) in [5, 5.41) is 4.02. The van der Waals surface area contributed by atoms with Crippen LogP contribution in [0.3, 0.4) is 0 Å². The Labute approximate surface area is 185 Å². The second-order valence-corrected chi connectivity index (χ2v) is 8.93. The Balaban J connectivity index is 0.00000341. The van der Waals surface area contributed by atoms with E-state index in [4.69, 9.17) is 5.73 Å². The van der Waals surface area contributed by atoms with E-state index in [2.05, 4.69) is 5.10 Å². The zero-order valence-electron chi connectivity index (χ0n) is 17.0. The number of sulfonamides is 1. The quantitative estimate of drug-likeness (QED) is 0.573. The molecule has 0 spiro atoms. The van der Waals surface area contributed by atoms with E-state index in [0.717, 1.165) is 20.1 Å². The number of nitrogens with two attached hydrogens (primary N) is 1. The lowest BCUT2D eigenvalue weighted by Crippen LogP contribution is -2.25. The van der Waals surface area contributed by atoms with Gasteiger partial charge >= 0.3 is 5.69 Å². The van der Waals surface area contributed by atoms with Crippen LogP contribution in [0.25, 0.3) is 16.8 Å². The molecule has 11 heteroatoms. The molecule has 1 aromatic heterocycles. The van der Waals surface area contributed by atoms with Gasteiger partial charge in [0.05, 0.1) is 23.5 Å². The average Bonchev–Trinajstić information content (AvgIpc) is 3.12. The van der Waals surface area contributed by atoms with E-state index in [0.29, 0.717) is 12.0 Å². The first-order valence-corrected chi connectivity index (χ1v) is 10.5. The van der Waals surface area contributed by atoms with E-state index >= 15 is 0 Å². The highest BCUT2D eigenvalue weighted by Gasteiger charge is 2.17. The van der Waals surface area contributed by atoms with Crippen LogP contribution in [0.5, 0.6) is 0 Å². The third kappa shape index (κ3) is 5.10. The Morgan fingerprint density at radius 3 is 2.42 bits per heavy atom. The van der Waals surface area contributed by atoms with Crippen LogP contribution < -0.4 is 11.4 Å². The van der Waals surface area contributed by atoms with E-state index in [1.807, 2.05) is 6.07 Å². The number of benzene rings is 2. The van der Waals surface area contributed by atoms with Gasteiger partial charge in [0.25, 0.3) is 0 Å². The molecule has 2 aromatic carbocycles. The minimum Gasteiger partial charge on any atom is -0.327 e. The van der Waals surface area contributed by atoms with E-state index in [1.165, 1.54) is 25.0 Å². The summed E-state index contributed by atoms with van der Waals surface area (Å²) in [4.78, 5) is 12.8. The van der Waals surface area contributed by atoms with Gasteiger partial charge in [0.15, 0.2) is 0 Å². The van der Waals surface area contributed by atoms with Crippen LogP contribution in [0, 0.1) is 0 Å². The third-order valence-electron chi connectivity index (χ3n) is 4.59. The molecule has 1 heterocycles. The van der Waals surface area contributed by atoms with Gasteiger partial charge in [-0.3, -0.25) is 0 Å². The second kappa shape index (κ2) is 10.0. The zero-order valence-corrected chi connectivity index (χ0v) is 18.6. The highest BCUT2D eigenvalue weighted by atomic mass is 35.5. The first-order valence-electron chi connectivity index (χ1n) is 9.04. The highest BCUT2D eigenvalue weighted by Crippen LogP contribution is 2.24. The van der Waals surface area contributed by atoms with Crippen LogP contribution in [0.15, 0.2) is 76.5 Å². The lowest BCUT2D eigenvalue weighted by molar-refractivity contribution is 0.521. The number of nitrogens with zero attached hydrogens (tertiary/aromatic N) is 4. The van der Waals surface area contributed by atoms with Crippen molar-refractivity contribution in [2.45, 2.75) is 11.4 Å². The summed E-state index contributed by atoms with van der Waals surface area (Å²) >= 11 is 0. The molecular formula is C20H23ClFN5O3S. The second-order valence-electron chi connectivity index (χ2n) is 6.77. The first-order chi connectivity index (χ1) is 14.3. The molecule has 0 bridgehead atoms. The molecule has 3 rings (SSSR count). The molecule has 3 aromatic rings. The molecule has 0 fully saturated rings. The van der Waals surface area contributed by atoms with Gasteiger partial charge in [-0.1, -0.05) is 24.3 Å². The molecule has 2 N–H and O–H groups in total. The topological polar surface area (TPSA) is 103 Å². The summed E-state index contributed by atoms with van der Waals surface area (Å²) in [6.07, 6.45) is 1.74. The lowest BCUT2D eigenvalue weighted by atomic mass is 10.1. The van der Waals surface area contributed by atoms with Gasteiger partial charge in [-0.15, -0.1) is 12.4 Å². The Morgan fingerprint density at radius 1 is 1.16 bits per heavy atom. The van der Waals surface area contributed by atoms with E-state index < -0.39 is 15.7 Å². The summed E-state index contributed by atoms with van der Waals surface area (Å²) in [6, 6.07) is 13.7. The zero-order chi connectivity index (χ0) is 21.9. The molecule has 0 amide bonds. The van der Waals surface area contributed by atoms with Crippen molar-refractivity contribution in [3.8, 4) is 16.8 Å². The van der Waals surface area contributed by atoms with Crippen LogP contribution in [0.4, 0.5) is 4.39 Å². The summed E-state index contributed by atoms with van der Waals surface area (Å²) < 4.78 is 40.8. The maximum absolute atomic E-state index is 12.8. The van der Waals surface area contributed by atoms with Crippen LogP contribution in [-0.4, -0.2) is 47.7 Å². The van der Waals surface area contributed by atoms with Gasteiger partial charge in [-0.2, -0.15) is 5.10 Å². The molecule has 0 radical (unpaired) electrons. The van der Waals surface area contributed by atoms with Gasteiger partial charge in [0.1, 0.15) is 6.33 Å². The Hall–Kier alpha value is -2.79. The van der Waals surface area contributed by atoms with Crippen LogP contribution in [-0.2, 0) is 16.6 Å². The number of hydrogen-bond donors (Lipinski definition) is 1. The van der Waals surface area contributed by atoms with Crippen molar-refractivity contribution < 1.29 is 12.8 Å². The smallest absolute Gasteiger partial charge is 0.327 e. The SMILES string of the molecule is CN(C)S(=O)(=O)c1ccc(-c2cccc(-n3cnn(C/C(=C/F)CN)c3=O)c2)cc1.Cl. The van der Waals surface area contributed by atoms with Crippen molar-refractivity contribution >= 4 is 22.4 Å². The van der Waals surface area contributed by atoms with Gasteiger partial charge in [0.2, 0.25) is 10.0 Å². The molecule has 0 aliphatic heterocycles. The van der Waals surface area contributed by atoms with Gasteiger partial charge in [0, 0.05) is 20.6 Å². The molecular weight excluding hydrogens is 445 g/mol. The van der Waals surface area contributed by atoms with Gasteiger partial charge in [-0.25, -0.2) is 31.2 Å². The van der Waals surface area contributed by atoms with Crippen molar-refractivity contribution in [1.29, 1.82) is 0 Å². The Morgan fingerprint density at radius 2 is 1.84 bits per heavy atom. The van der Waals surface area contributed by atoms with Gasteiger partial charge in [-0.05, 0) is 41.0 Å². The average molecular weight is 468 g/mol. The lowest BCUT2D eigenvalue weighted by Gasteiger charge is -2.12. The molecule has 0 saturated heterocycles. The Bertz CT molecular complexity index is 1230. The molecule has 0 aliphatic carbocycles. The van der Waals surface area contributed by atoms with E-state index in [1.54, 1.807) is 42.5 Å². The van der Waals surface area contributed by atoms with Crippen LogP contribution in [0.2, 0.25) is 0 Å². The largest absolute Gasteiger partial charge is 0.350 e. The van der Waals surface area contributed by atoms with E-state index in [9.17, 15) is 17.6 Å². The number of halogens is 2. The maximum atomic E-state index is 12.8. The van der Waals surface area contributed by atoms with Crippen LogP contribution in [0.1, 0.15) is 0 Å². The van der Waals surface area contributed by atoms with Crippen molar-refractivity contribution in [1.82, 2.24) is 18.7 Å². The van der Waals surface area contributed by atoms with Gasteiger partial charge < -0.3 is 5.73 Å². The maximum Gasteiger partial charge on any atom is 0.350 e. The minimum absolute atomic E-state index is 0. The summed E-state index contributed by atoms with van der Waals surface area (Å²) in [5.74, 6) is 0. The standard InChI is InChI=1S/C20H22FN5O3S.ClH/c1-24(2)30(28,29)19-8-6-16(7-9-19)17-4-3-5-18(10-17)25-14-23-26(20(25)27)13-15(11-21)12-22;/h3-11,14H,12-13,22H2,1-2H3;1H/b15-11+;. The fourth-order valence-electron chi connectivity index (χ4n) is 2.82. The molecule has 0 saturated carbocycles. The highest BCUT2D eigenvalue weighted by molar-refractivity contribution is 7.89. The summed E-state index contributed by atoms with van der Waals surface area (Å²) in [6.45, 7) is -0.0365. The van der Waals surface area contributed by atoms with Crippen LogP contribution >= 0.6 is 12.4 Å². The predicted octanol–water partition coefficient (Wildman–Crippen LogP) is 2.19. The molecule has 8 nitrogen and oxygen atoms in total. The summed E-state index contributed by atoms with van der Waals surface area (Å²) in [7, 11) is -0.554.